The number of benzene rings is 1. The molecule has 19 heavy (non-hydrogen) atoms. The number of hydrogen-bond donors (Lipinski definition) is 1. The van der Waals surface area contributed by atoms with E-state index in [0.29, 0.717) is 17.1 Å². The van der Waals surface area contributed by atoms with Gasteiger partial charge >= 0.3 is 5.97 Å². The maximum absolute atomic E-state index is 11.4. The summed E-state index contributed by atoms with van der Waals surface area (Å²) in [7, 11) is 4.25. The van der Waals surface area contributed by atoms with Crippen molar-refractivity contribution in [2.45, 2.75) is 25.9 Å². The molecule has 0 aliphatic rings. The molecule has 5 nitrogen and oxygen atoms in total. The molecule has 0 radical (unpaired) electrons. The summed E-state index contributed by atoms with van der Waals surface area (Å²) in [6.07, 6.45) is -1.39. The topological polar surface area (TPSA) is 65.0 Å². The molecular formula is C14H20O5. The minimum Gasteiger partial charge on any atom is -0.496 e. The second-order valence-electron chi connectivity index (χ2n) is 4.42. The monoisotopic (exact) mass is 268 g/mol. The van der Waals surface area contributed by atoms with Gasteiger partial charge in [-0.1, -0.05) is 13.8 Å². The summed E-state index contributed by atoms with van der Waals surface area (Å²) in [5.41, 5.74) is 1.27. The number of hydrogen-bond acceptors (Lipinski definition) is 5. The van der Waals surface area contributed by atoms with Crippen molar-refractivity contribution in [3.05, 3.63) is 23.3 Å². The summed E-state index contributed by atoms with van der Waals surface area (Å²) in [6, 6.07) is 3.38. The molecule has 0 aliphatic heterocycles. The summed E-state index contributed by atoms with van der Waals surface area (Å²) in [5, 5.41) is 9.94. The Morgan fingerprint density at radius 2 is 1.53 bits per heavy atom. The van der Waals surface area contributed by atoms with E-state index in [9.17, 15) is 9.90 Å². The van der Waals surface area contributed by atoms with E-state index in [1.54, 1.807) is 19.2 Å². The van der Waals surface area contributed by atoms with Crippen molar-refractivity contribution in [3.63, 3.8) is 0 Å². The first-order chi connectivity index (χ1) is 8.96. The fraction of sp³-hybridized carbons (Fsp3) is 0.500. The van der Waals surface area contributed by atoms with Crippen molar-refractivity contribution >= 4 is 5.97 Å². The van der Waals surface area contributed by atoms with Gasteiger partial charge in [-0.15, -0.1) is 0 Å². The molecule has 0 spiro atoms. The molecule has 0 bridgehead atoms. The van der Waals surface area contributed by atoms with Crippen LogP contribution >= 0.6 is 0 Å². The number of ether oxygens (including phenoxy) is 3. The summed E-state index contributed by atoms with van der Waals surface area (Å²) >= 11 is 0. The molecule has 0 aliphatic carbocycles. The molecule has 1 N–H and O–H groups in total. The van der Waals surface area contributed by atoms with E-state index in [1.807, 2.05) is 13.8 Å². The Labute approximate surface area is 113 Å². The Kier molecular flexibility index (Phi) is 5.18. The molecule has 0 aromatic heterocycles. The maximum atomic E-state index is 11.4. The Morgan fingerprint density at radius 1 is 1.05 bits per heavy atom. The first-order valence-corrected chi connectivity index (χ1v) is 5.97. The van der Waals surface area contributed by atoms with E-state index in [0.717, 1.165) is 5.56 Å². The number of aliphatic hydroxyl groups is 1. The molecule has 1 rings (SSSR count). The van der Waals surface area contributed by atoms with Gasteiger partial charge in [-0.05, 0) is 18.1 Å². The maximum Gasteiger partial charge on any atom is 0.339 e. The van der Waals surface area contributed by atoms with Crippen LogP contribution in [0.1, 0.15) is 37.0 Å². The smallest absolute Gasteiger partial charge is 0.339 e. The molecule has 1 unspecified atom stereocenters. The largest absolute Gasteiger partial charge is 0.496 e. The molecule has 1 atom stereocenters. The number of esters is 1. The van der Waals surface area contributed by atoms with Gasteiger partial charge in [-0.3, -0.25) is 0 Å². The standard InChI is InChI=1S/C14H20O5/c1-8(2)9-6-12(18-4)10(7-11(9)17-3)13(15)14(16)19-5/h6-8,13,15H,1-5H3. The molecule has 5 heteroatoms. The van der Waals surface area contributed by atoms with Gasteiger partial charge in [0.1, 0.15) is 11.5 Å². The summed E-state index contributed by atoms with van der Waals surface area (Å²) in [6.45, 7) is 4.04. The molecule has 0 saturated heterocycles. The Balaban J connectivity index is 3.35. The number of rotatable bonds is 5. The molecule has 1 aromatic carbocycles. The lowest BCUT2D eigenvalue weighted by Gasteiger charge is -2.18. The van der Waals surface area contributed by atoms with Gasteiger partial charge in [-0.2, -0.15) is 0 Å². The van der Waals surface area contributed by atoms with E-state index in [2.05, 4.69) is 4.74 Å². The first kappa shape index (κ1) is 15.3. The van der Waals surface area contributed by atoms with E-state index >= 15 is 0 Å². The van der Waals surface area contributed by atoms with Crippen LogP contribution in [0.15, 0.2) is 12.1 Å². The van der Waals surface area contributed by atoms with Crippen LogP contribution in [0.2, 0.25) is 0 Å². The zero-order chi connectivity index (χ0) is 14.6. The minimum absolute atomic E-state index is 0.230. The number of aliphatic hydroxyl groups excluding tert-OH is 1. The summed E-state index contributed by atoms with van der Waals surface area (Å²) < 4.78 is 15.1. The van der Waals surface area contributed by atoms with Gasteiger partial charge in [0.25, 0.3) is 0 Å². The third kappa shape index (κ3) is 3.17. The van der Waals surface area contributed by atoms with Crippen molar-refractivity contribution in [2.75, 3.05) is 21.3 Å². The summed E-state index contributed by atoms with van der Waals surface area (Å²) in [4.78, 5) is 11.4. The van der Waals surface area contributed by atoms with Crippen molar-refractivity contribution in [2.24, 2.45) is 0 Å². The minimum atomic E-state index is -1.39. The van der Waals surface area contributed by atoms with E-state index in [4.69, 9.17) is 9.47 Å². The lowest BCUT2D eigenvalue weighted by Crippen LogP contribution is -2.15. The SMILES string of the molecule is COC(=O)C(O)c1cc(OC)c(C(C)C)cc1OC. The highest BCUT2D eigenvalue weighted by molar-refractivity contribution is 5.77. The van der Waals surface area contributed by atoms with E-state index in [1.165, 1.54) is 14.2 Å². The van der Waals surface area contributed by atoms with Crippen molar-refractivity contribution in [1.29, 1.82) is 0 Å². The van der Waals surface area contributed by atoms with Crippen LogP contribution in [0.4, 0.5) is 0 Å². The highest BCUT2D eigenvalue weighted by Gasteiger charge is 2.24. The lowest BCUT2D eigenvalue weighted by molar-refractivity contribution is -0.150. The third-order valence-electron chi connectivity index (χ3n) is 2.92. The predicted molar refractivity (Wildman–Crippen MR) is 70.6 cm³/mol. The van der Waals surface area contributed by atoms with Gasteiger partial charge in [0, 0.05) is 11.1 Å². The van der Waals surface area contributed by atoms with Crippen LogP contribution in [0, 0.1) is 0 Å². The molecule has 0 amide bonds. The zero-order valence-electron chi connectivity index (χ0n) is 11.9. The molecule has 0 saturated carbocycles. The Morgan fingerprint density at radius 3 is 1.95 bits per heavy atom. The van der Waals surface area contributed by atoms with Crippen LogP contribution in [0.25, 0.3) is 0 Å². The van der Waals surface area contributed by atoms with Crippen LogP contribution in [-0.4, -0.2) is 32.4 Å². The van der Waals surface area contributed by atoms with E-state index < -0.39 is 12.1 Å². The first-order valence-electron chi connectivity index (χ1n) is 5.97. The number of methoxy groups -OCH3 is 3. The van der Waals surface area contributed by atoms with Crippen molar-refractivity contribution in [3.8, 4) is 11.5 Å². The highest BCUT2D eigenvalue weighted by atomic mass is 16.5. The Hall–Kier alpha value is -1.75. The molecular weight excluding hydrogens is 248 g/mol. The molecule has 0 heterocycles. The van der Waals surface area contributed by atoms with Gasteiger partial charge in [-0.25, -0.2) is 4.79 Å². The third-order valence-corrected chi connectivity index (χ3v) is 2.92. The van der Waals surface area contributed by atoms with Crippen molar-refractivity contribution in [1.82, 2.24) is 0 Å². The number of carbonyl (C=O) groups is 1. The average molecular weight is 268 g/mol. The highest BCUT2D eigenvalue weighted by Crippen LogP contribution is 2.36. The average Bonchev–Trinajstić information content (AvgIpc) is 2.43. The fourth-order valence-electron chi connectivity index (χ4n) is 1.85. The number of carbonyl (C=O) groups excluding carboxylic acids is 1. The fourth-order valence-corrected chi connectivity index (χ4v) is 1.85. The second kappa shape index (κ2) is 6.43. The van der Waals surface area contributed by atoms with Gasteiger partial charge < -0.3 is 19.3 Å². The molecule has 1 aromatic rings. The zero-order valence-corrected chi connectivity index (χ0v) is 11.9. The quantitative estimate of drug-likeness (QED) is 0.828. The Bertz CT molecular complexity index is 453. The van der Waals surface area contributed by atoms with Crippen LogP contribution < -0.4 is 9.47 Å². The van der Waals surface area contributed by atoms with Gasteiger partial charge in [0.15, 0.2) is 6.10 Å². The summed E-state index contributed by atoms with van der Waals surface area (Å²) in [5.74, 6) is 0.530. The van der Waals surface area contributed by atoms with Crippen LogP contribution in [-0.2, 0) is 9.53 Å². The second-order valence-corrected chi connectivity index (χ2v) is 4.42. The van der Waals surface area contributed by atoms with Crippen molar-refractivity contribution < 1.29 is 24.1 Å². The van der Waals surface area contributed by atoms with E-state index in [-0.39, 0.29) is 5.92 Å². The predicted octanol–water partition coefficient (Wildman–Crippen LogP) is 2.03. The molecule has 106 valence electrons. The normalized spacial score (nSPS) is 12.2. The van der Waals surface area contributed by atoms with Gasteiger partial charge in [0.05, 0.1) is 21.3 Å². The molecule has 0 fully saturated rings. The van der Waals surface area contributed by atoms with Gasteiger partial charge in [0.2, 0.25) is 0 Å². The van der Waals surface area contributed by atoms with Crippen LogP contribution in [0.5, 0.6) is 11.5 Å². The van der Waals surface area contributed by atoms with Crippen LogP contribution in [0.3, 0.4) is 0 Å². The lowest BCUT2D eigenvalue weighted by atomic mass is 9.97.